The molecule has 7 nitrogen and oxygen atoms in total. The Morgan fingerprint density at radius 3 is 2.77 bits per heavy atom. The first kappa shape index (κ1) is 8.99. The topological polar surface area (TPSA) is 98.7 Å². The van der Waals surface area contributed by atoms with E-state index in [9.17, 15) is 19.5 Å². The first-order valence-corrected chi connectivity index (χ1v) is 7.75. The minimum absolute atomic E-state index is 0.0650. The van der Waals surface area contributed by atoms with Gasteiger partial charge in [0, 0.05) is 24.5 Å². The van der Waals surface area contributed by atoms with Gasteiger partial charge in [-0.3, -0.25) is 14.4 Å². The average molecular weight is 374 g/mol. The normalized spacial score (nSPS) is 29.0. The maximum atomic E-state index is 13.4. The summed E-state index contributed by atoms with van der Waals surface area (Å²) in [6, 6.07) is -8.33. The van der Waals surface area contributed by atoms with Gasteiger partial charge in [0.1, 0.15) is 18.2 Å². The van der Waals surface area contributed by atoms with Crippen molar-refractivity contribution >= 4 is 17.7 Å². The van der Waals surface area contributed by atoms with Gasteiger partial charge in [0.05, 0.1) is 5.48 Å². The second-order valence-electron chi connectivity index (χ2n) is 5.96. The second-order valence-corrected chi connectivity index (χ2v) is 5.96. The van der Waals surface area contributed by atoms with Crippen LogP contribution in [0.25, 0.3) is 0 Å². The van der Waals surface area contributed by atoms with Crippen molar-refractivity contribution in [2.24, 2.45) is 5.92 Å². The summed E-state index contributed by atoms with van der Waals surface area (Å²) in [5.74, 6) is -4.97. The molecule has 2 rings (SSSR count). The average Bonchev–Trinajstić information content (AvgIpc) is 2.85. The minimum Gasteiger partial charge on any atom is -0.383 e. The molecule has 1 aliphatic heterocycles. The predicted octanol–water partition coefficient (Wildman–Crippen LogP) is 0.380. The van der Waals surface area contributed by atoms with Crippen LogP contribution in [0.2, 0.25) is 0 Å². The number of rotatable bonds is 5. The Kier molecular flexibility index (Phi) is 2.87. The Morgan fingerprint density at radius 1 is 1.38 bits per heavy atom. The van der Waals surface area contributed by atoms with Crippen LogP contribution in [-0.4, -0.2) is 53.4 Å². The molecule has 1 aromatic carbocycles. The lowest BCUT2D eigenvalue weighted by Crippen LogP contribution is -2.51. The Balaban J connectivity index is 2.74. The highest BCUT2D eigenvalue weighted by atomic mass is 16.3. The smallest absolute Gasteiger partial charge is 0.249 e. The molecule has 3 N–H and O–H groups in total. The van der Waals surface area contributed by atoms with E-state index in [0.717, 1.165) is 0 Å². The van der Waals surface area contributed by atoms with Gasteiger partial charge in [0.15, 0.2) is 0 Å². The van der Waals surface area contributed by atoms with Crippen molar-refractivity contribution in [3.63, 3.8) is 0 Å². The first-order valence-electron chi connectivity index (χ1n) is 13.7. The number of hydrogen-bond acceptors (Lipinski definition) is 4. The molecule has 0 unspecified atom stereocenters. The molecule has 26 heavy (non-hydrogen) atoms. The Hall–Kier alpha value is -2.41. The number of benzene rings is 1. The minimum atomic E-state index is -3.29. The quantitative estimate of drug-likeness (QED) is 0.695. The number of likely N-dealkylation sites (N-methyl/N-ethyl adjacent to an activating group) is 1. The number of aliphatic hydroxyl groups is 1. The molecule has 0 fully saturated rings. The Morgan fingerprint density at radius 2 is 2.12 bits per heavy atom. The Labute approximate surface area is 170 Å². The van der Waals surface area contributed by atoms with E-state index in [0.29, 0.717) is 0 Å². The van der Waals surface area contributed by atoms with Crippen LogP contribution in [0.3, 0.4) is 0 Å². The van der Waals surface area contributed by atoms with Crippen molar-refractivity contribution in [3.8, 4) is 0 Å². The lowest BCUT2D eigenvalue weighted by molar-refractivity contribution is -0.137. The van der Waals surface area contributed by atoms with E-state index in [2.05, 4.69) is 0 Å². The van der Waals surface area contributed by atoms with Crippen LogP contribution in [0.5, 0.6) is 0 Å². The van der Waals surface area contributed by atoms with Gasteiger partial charge < -0.3 is 20.6 Å². The molecule has 0 bridgehead atoms. The largest absolute Gasteiger partial charge is 0.383 e. The van der Waals surface area contributed by atoms with Gasteiger partial charge in [0.2, 0.25) is 17.7 Å². The summed E-state index contributed by atoms with van der Waals surface area (Å²) >= 11 is 0. The van der Waals surface area contributed by atoms with E-state index in [1.165, 1.54) is 13.8 Å². The standard InChI is InChI=1S/C19H27N3O4/c1-11(2)16(23)18(25)20-12(3)17(24)21-15-14-8-6-5-7-13(14)9-10-22(4)19(15)26/h5-8,11-12,15-16,23H,9-10H2,1-4H3,(H,20,25)(H,21,24)/t12-,15-,16-/m0/s1/i3D3,4D3,5D,6D,7D,8D,9D2. The maximum Gasteiger partial charge on any atom is 0.249 e. The van der Waals surface area contributed by atoms with Gasteiger partial charge in [-0.1, -0.05) is 38.0 Å². The van der Waals surface area contributed by atoms with Crippen LogP contribution in [0.4, 0.5) is 0 Å². The molecule has 142 valence electrons. The van der Waals surface area contributed by atoms with Crippen molar-refractivity contribution in [1.29, 1.82) is 0 Å². The third-order valence-electron chi connectivity index (χ3n) is 3.67. The second kappa shape index (κ2) is 8.31. The first-order chi connectivity index (χ1) is 17.0. The number of fused-ring (bicyclic) bond motifs is 1. The van der Waals surface area contributed by atoms with Crippen LogP contribution in [0.15, 0.2) is 24.2 Å². The fraction of sp³-hybridized carbons (Fsp3) is 0.526. The van der Waals surface area contributed by atoms with E-state index in [1.807, 2.05) is 10.6 Å². The summed E-state index contributed by atoms with van der Waals surface area (Å²) < 4.78 is 95.1. The summed E-state index contributed by atoms with van der Waals surface area (Å²) in [7, 11) is 0. The molecular weight excluding hydrogens is 334 g/mol. The monoisotopic (exact) mass is 373 g/mol. The highest BCUT2D eigenvalue weighted by Gasteiger charge is 2.32. The van der Waals surface area contributed by atoms with Crippen molar-refractivity contribution in [3.05, 3.63) is 35.3 Å². The zero-order chi connectivity index (χ0) is 29.7. The summed E-state index contributed by atoms with van der Waals surface area (Å²) in [6.45, 7) is -4.82. The van der Waals surface area contributed by atoms with Crippen molar-refractivity contribution in [2.45, 2.75) is 45.3 Å². The summed E-state index contributed by atoms with van der Waals surface area (Å²) in [6.07, 6.45) is -4.55. The maximum absolute atomic E-state index is 13.4. The fourth-order valence-electron chi connectivity index (χ4n) is 2.15. The van der Waals surface area contributed by atoms with Gasteiger partial charge in [-0.2, -0.15) is 0 Å². The number of nitrogens with zero attached hydrogens (tertiary/aromatic N) is 1. The van der Waals surface area contributed by atoms with E-state index in [4.69, 9.17) is 16.4 Å². The van der Waals surface area contributed by atoms with Gasteiger partial charge in [-0.25, -0.2) is 0 Å². The molecule has 0 aliphatic carbocycles. The summed E-state index contributed by atoms with van der Waals surface area (Å²) in [5, 5.41) is 13.8. The van der Waals surface area contributed by atoms with Gasteiger partial charge >= 0.3 is 0 Å². The van der Waals surface area contributed by atoms with Gasteiger partial charge in [-0.05, 0) is 30.3 Å². The third-order valence-corrected chi connectivity index (χ3v) is 3.67. The Bertz CT molecular complexity index is 1140. The van der Waals surface area contributed by atoms with Crippen LogP contribution >= 0.6 is 0 Å². The van der Waals surface area contributed by atoms with Gasteiger partial charge in [0.25, 0.3) is 0 Å². The zero-order valence-electron chi connectivity index (χ0n) is 26.1. The van der Waals surface area contributed by atoms with Gasteiger partial charge in [-0.15, -0.1) is 0 Å². The third kappa shape index (κ3) is 4.40. The van der Waals surface area contributed by atoms with Crippen molar-refractivity contribution in [2.75, 3.05) is 13.5 Å². The molecule has 0 saturated carbocycles. The van der Waals surface area contributed by atoms with Crippen LogP contribution in [0.1, 0.15) is 54.3 Å². The summed E-state index contributed by atoms with van der Waals surface area (Å²) in [5.41, 5.74) is -1.58. The number of hydrogen-bond donors (Lipinski definition) is 3. The molecule has 1 heterocycles. The molecular formula is C19H27N3O4. The number of aliphatic hydroxyl groups excluding tert-OH is 1. The fourth-order valence-corrected chi connectivity index (χ4v) is 2.15. The van der Waals surface area contributed by atoms with Crippen molar-refractivity contribution < 1.29 is 35.9 Å². The highest BCUT2D eigenvalue weighted by molar-refractivity contribution is 5.93. The molecule has 1 aromatic rings. The zero-order valence-corrected chi connectivity index (χ0v) is 14.1. The molecule has 0 spiro atoms. The number of carbonyl (C=O) groups is 3. The van der Waals surface area contributed by atoms with Crippen molar-refractivity contribution in [1.82, 2.24) is 15.5 Å². The number of nitrogens with one attached hydrogen (secondary N) is 2. The van der Waals surface area contributed by atoms with E-state index in [-0.39, 0.29) is 4.90 Å². The molecule has 0 radical (unpaired) electrons. The van der Waals surface area contributed by atoms with Crippen LogP contribution in [0, 0.1) is 5.92 Å². The van der Waals surface area contributed by atoms with E-state index in [1.54, 1.807) is 0 Å². The molecule has 0 saturated heterocycles. The van der Waals surface area contributed by atoms with Crippen LogP contribution < -0.4 is 10.6 Å². The van der Waals surface area contributed by atoms with E-state index < -0.39 is 104 Å². The van der Waals surface area contributed by atoms with E-state index >= 15 is 0 Å². The SMILES string of the molecule is [2H]c1c([2H])c([2H])c2c(c1[2H])[C@H](NC(=O)[C@@H](NC(=O)[C@@H](O)C(C)C)C([2H])([2H])[2H])C(=O)N(C([2H])([2H])[2H])CC2([2H])[2H]. The molecule has 3 amide bonds. The lowest BCUT2D eigenvalue weighted by atomic mass is 9.99. The molecule has 3 atom stereocenters. The molecule has 7 heteroatoms. The number of carbonyl (C=O) groups excluding carboxylic acids is 3. The summed E-state index contributed by atoms with van der Waals surface area (Å²) in [4.78, 5) is 38.9. The van der Waals surface area contributed by atoms with Crippen LogP contribution in [-0.2, 0) is 20.8 Å². The lowest BCUT2D eigenvalue weighted by Gasteiger charge is -2.24. The predicted molar refractivity (Wildman–Crippen MR) is 97.1 cm³/mol. The molecule has 0 aromatic heterocycles. The highest BCUT2D eigenvalue weighted by Crippen LogP contribution is 2.24. The molecule has 1 aliphatic rings. The number of amides is 3.